The third kappa shape index (κ3) is 3.04. The van der Waals surface area contributed by atoms with Crippen molar-refractivity contribution in [1.29, 1.82) is 0 Å². The lowest BCUT2D eigenvalue weighted by atomic mass is 10.1. The SMILES string of the molecule is CC(C)(C)OC(=O)N[C@@H]1c2c(F)ccc(Cl)c2C[C@H]1O. The maximum atomic E-state index is 13.9. The Balaban J connectivity index is 2.23. The number of halogens is 2. The number of rotatable bonds is 1. The molecule has 0 fully saturated rings. The van der Waals surface area contributed by atoms with Crippen LogP contribution in [0, 0.1) is 5.82 Å². The number of aliphatic hydroxyl groups excluding tert-OH is 1. The van der Waals surface area contributed by atoms with Gasteiger partial charge < -0.3 is 15.2 Å². The smallest absolute Gasteiger partial charge is 0.408 e. The van der Waals surface area contributed by atoms with Crippen LogP contribution < -0.4 is 5.32 Å². The zero-order valence-electron chi connectivity index (χ0n) is 11.5. The molecule has 20 heavy (non-hydrogen) atoms. The van der Waals surface area contributed by atoms with Crippen LogP contribution in [0.3, 0.4) is 0 Å². The number of ether oxygens (including phenoxy) is 1. The average molecular weight is 302 g/mol. The number of benzene rings is 1. The number of carbonyl (C=O) groups is 1. The van der Waals surface area contributed by atoms with E-state index in [1.165, 1.54) is 12.1 Å². The third-order valence-electron chi connectivity index (χ3n) is 3.03. The molecule has 0 heterocycles. The van der Waals surface area contributed by atoms with E-state index >= 15 is 0 Å². The molecule has 1 aromatic rings. The van der Waals surface area contributed by atoms with Crippen molar-refractivity contribution < 1.29 is 19.0 Å². The number of aliphatic hydroxyl groups is 1. The van der Waals surface area contributed by atoms with Gasteiger partial charge in [0.15, 0.2) is 0 Å². The molecule has 0 saturated heterocycles. The highest BCUT2D eigenvalue weighted by atomic mass is 35.5. The van der Waals surface area contributed by atoms with Crippen molar-refractivity contribution >= 4 is 17.7 Å². The first-order valence-electron chi connectivity index (χ1n) is 6.33. The largest absolute Gasteiger partial charge is 0.444 e. The molecule has 0 aromatic heterocycles. The standard InChI is InChI=1S/C14H17ClFNO3/c1-14(2,3)20-13(19)17-12-10(18)6-7-8(15)4-5-9(16)11(7)12/h4-5,10,12,18H,6H2,1-3H3,(H,17,19)/t10-,12+/m1/s1. The summed E-state index contributed by atoms with van der Waals surface area (Å²) < 4.78 is 19.0. The molecule has 6 heteroatoms. The first kappa shape index (κ1) is 15.1. The summed E-state index contributed by atoms with van der Waals surface area (Å²) in [6.07, 6.45) is -1.42. The summed E-state index contributed by atoms with van der Waals surface area (Å²) in [5.74, 6) is -0.498. The summed E-state index contributed by atoms with van der Waals surface area (Å²) in [7, 11) is 0. The summed E-state index contributed by atoms with van der Waals surface area (Å²) in [5.41, 5.74) is 0.0969. The van der Waals surface area contributed by atoms with Gasteiger partial charge in [-0.1, -0.05) is 11.6 Å². The number of carbonyl (C=O) groups excluding carboxylic acids is 1. The summed E-state index contributed by atoms with van der Waals surface area (Å²) in [4.78, 5) is 11.8. The minimum atomic E-state index is -0.924. The van der Waals surface area contributed by atoms with E-state index in [1.54, 1.807) is 20.8 Å². The Bertz CT molecular complexity index is 542. The van der Waals surface area contributed by atoms with Gasteiger partial charge in [-0.15, -0.1) is 0 Å². The highest BCUT2D eigenvalue weighted by Crippen LogP contribution is 2.37. The number of fused-ring (bicyclic) bond motifs is 1. The number of hydrogen-bond donors (Lipinski definition) is 2. The van der Waals surface area contributed by atoms with Crippen molar-refractivity contribution in [3.05, 3.63) is 34.1 Å². The van der Waals surface area contributed by atoms with Crippen LogP contribution in [-0.2, 0) is 11.2 Å². The van der Waals surface area contributed by atoms with Crippen molar-refractivity contribution in [1.82, 2.24) is 5.32 Å². The first-order chi connectivity index (χ1) is 9.19. The number of nitrogens with one attached hydrogen (secondary N) is 1. The van der Waals surface area contributed by atoms with Crippen LogP contribution in [0.25, 0.3) is 0 Å². The fourth-order valence-electron chi connectivity index (χ4n) is 2.28. The molecule has 1 aliphatic rings. The number of hydrogen-bond acceptors (Lipinski definition) is 3. The molecule has 1 aromatic carbocycles. The summed E-state index contributed by atoms with van der Waals surface area (Å²) in [6.45, 7) is 5.18. The van der Waals surface area contributed by atoms with Crippen molar-refractivity contribution in [2.45, 2.75) is 44.9 Å². The highest BCUT2D eigenvalue weighted by Gasteiger charge is 2.37. The van der Waals surface area contributed by atoms with Gasteiger partial charge in [0.05, 0.1) is 12.1 Å². The summed E-state index contributed by atoms with van der Waals surface area (Å²) >= 11 is 5.99. The van der Waals surface area contributed by atoms with Crippen LogP contribution in [0.2, 0.25) is 5.02 Å². The zero-order chi connectivity index (χ0) is 15.1. The van der Waals surface area contributed by atoms with Gasteiger partial charge in [-0.3, -0.25) is 0 Å². The number of amides is 1. The van der Waals surface area contributed by atoms with E-state index in [9.17, 15) is 14.3 Å². The van der Waals surface area contributed by atoms with Crippen molar-refractivity contribution in [2.24, 2.45) is 0 Å². The van der Waals surface area contributed by atoms with E-state index < -0.39 is 29.7 Å². The quantitative estimate of drug-likeness (QED) is 0.838. The predicted octanol–water partition coefficient (Wildman–Crippen LogP) is 2.96. The molecule has 0 bridgehead atoms. The molecular weight excluding hydrogens is 285 g/mol. The van der Waals surface area contributed by atoms with E-state index in [-0.39, 0.29) is 12.0 Å². The van der Waals surface area contributed by atoms with Gasteiger partial charge in [-0.05, 0) is 38.5 Å². The maximum absolute atomic E-state index is 13.9. The first-order valence-corrected chi connectivity index (χ1v) is 6.71. The molecule has 0 spiro atoms. The summed E-state index contributed by atoms with van der Waals surface area (Å²) in [5, 5.41) is 12.9. The van der Waals surface area contributed by atoms with Crippen LogP contribution >= 0.6 is 11.6 Å². The second kappa shape index (κ2) is 5.22. The Kier molecular flexibility index (Phi) is 3.93. The maximum Gasteiger partial charge on any atom is 0.408 e. The van der Waals surface area contributed by atoms with Gasteiger partial charge in [0.1, 0.15) is 11.4 Å². The minimum Gasteiger partial charge on any atom is -0.444 e. The Morgan fingerprint density at radius 2 is 2.15 bits per heavy atom. The fourth-order valence-corrected chi connectivity index (χ4v) is 2.52. The van der Waals surface area contributed by atoms with Crippen LogP contribution in [0.4, 0.5) is 9.18 Å². The Hall–Kier alpha value is -1.33. The lowest BCUT2D eigenvalue weighted by Crippen LogP contribution is -2.38. The number of alkyl carbamates (subject to hydrolysis) is 1. The van der Waals surface area contributed by atoms with Crippen LogP contribution in [0.15, 0.2) is 12.1 Å². The second-order valence-corrected chi connectivity index (χ2v) is 6.22. The molecule has 110 valence electrons. The lowest BCUT2D eigenvalue weighted by Gasteiger charge is -2.23. The second-order valence-electron chi connectivity index (χ2n) is 5.82. The van der Waals surface area contributed by atoms with E-state index in [2.05, 4.69) is 5.32 Å². The van der Waals surface area contributed by atoms with Gasteiger partial charge in [0, 0.05) is 17.0 Å². The van der Waals surface area contributed by atoms with Gasteiger partial charge in [0.2, 0.25) is 0 Å². The van der Waals surface area contributed by atoms with Crippen molar-refractivity contribution in [2.75, 3.05) is 0 Å². The molecule has 2 rings (SSSR count). The molecule has 4 nitrogen and oxygen atoms in total. The fraction of sp³-hybridized carbons (Fsp3) is 0.500. The molecule has 0 radical (unpaired) electrons. The molecule has 0 aliphatic heterocycles. The lowest BCUT2D eigenvalue weighted by molar-refractivity contribution is 0.0436. The van der Waals surface area contributed by atoms with Gasteiger partial charge in [0.25, 0.3) is 0 Å². The van der Waals surface area contributed by atoms with Crippen molar-refractivity contribution in [3.8, 4) is 0 Å². The molecule has 1 amide bonds. The third-order valence-corrected chi connectivity index (χ3v) is 3.38. The molecule has 1 aliphatic carbocycles. The molecule has 2 N–H and O–H groups in total. The summed E-state index contributed by atoms with van der Waals surface area (Å²) in [6, 6.07) is 1.82. The molecule has 0 saturated carbocycles. The minimum absolute atomic E-state index is 0.201. The van der Waals surface area contributed by atoms with Crippen LogP contribution in [0.1, 0.15) is 37.9 Å². The van der Waals surface area contributed by atoms with Crippen LogP contribution in [0.5, 0.6) is 0 Å². The van der Waals surface area contributed by atoms with Gasteiger partial charge >= 0.3 is 6.09 Å². The van der Waals surface area contributed by atoms with E-state index in [1.807, 2.05) is 0 Å². The van der Waals surface area contributed by atoms with Gasteiger partial charge in [-0.25, -0.2) is 9.18 Å². The Labute approximate surface area is 121 Å². The zero-order valence-corrected chi connectivity index (χ0v) is 12.3. The average Bonchev–Trinajstić information content (AvgIpc) is 2.60. The predicted molar refractivity (Wildman–Crippen MR) is 73.2 cm³/mol. The normalized spacial score (nSPS) is 21.5. The molecule has 2 atom stereocenters. The molecule has 0 unspecified atom stereocenters. The van der Waals surface area contributed by atoms with Crippen LogP contribution in [-0.4, -0.2) is 22.9 Å². The Morgan fingerprint density at radius 3 is 2.75 bits per heavy atom. The molecular formula is C14H17ClFNO3. The van der Waals surface area contributed by atoms with E-state index in [4.69, 9.17) is 16.3 Å². The van der Waals surface area contributed by atoms with Crippen molar-refractivity contribution in [3.63, 3.8) is 0 Å². The Morgan fingerprint density at radius 1 is 1.50 bits per heavy atom. The monoisotopic (exact) mass is 301 g/mol. The van der Waals surface area contributed by atoms with Gasteiger partial charge in [-0.2, -0.15) is 0 Å². The topological polar surface area (TPSA) is 58.6 Å². The van der Waals surface area contributed by atoms with E-state index in [0.717, 1.165) is 0 Å². The van der Waals surface area contributed by atoms with E-state index in [0.29, 0.717) is 10.6 Å². The highest BCUT2D eigenvalue weighted by molar-refractivity contribution is 6.31.